The van der Waals surface area contributed by atoms with Crippen LogP contribution in [0.15, 0.2) is 53.4 Å². The molecule has 1 N–H and O–H groups in total. The normalized spacial score (nSPS) is 15.3. The van der Waals surface area contributed by atoms with Gasteiger partial charge in [0, 0.05) is 24.3 Å². The minimum atomic E-state index is -3.60. The van der Waals surface area contributed by atoms with E-state index in [0.717, 1.165) is 24.8 Å². The maximum absolute atomic E-state index is 12.8. The first-order valence-electron chi connectivity index (χ1n) is 8.90. The number of hydrogen-bond acceptors (Lipinski definition) is 4. The Kier molecular flexibility index (Phi) is 5.72. The van der Waals surface area contributed by atoms with Crippen LogP contribution in [0.1, 0.15) is 35.2 Å². The van der Waals surface area contributed by atoms with Gasteiger partial charge in [0.1, 0.15) is 0 Å². The average molecular weight is 386 g/mol. The Morgan fingerprint density at radius 2 is 1.63 bits per heavy atom. The summed E-state index contributed by atoms with van der Waals surface area (Å²) in [6, 6.07) is 12.7. The Morgan fingerprint density at radius 3 is 2.30 bits per heavy atom. The van der Waals surface area contributed by atoms with Crippen LogP contribution in [-0.2, 0) is 14.8 Å². The fourth-order valence-electron chi connectivity index (χ4n) is 3.01. The first-order chi connectivity index (χ1) is 12.9. The van der Waals surface area contributed by atoms with E-state index in [1.165, 1.54) is 16.4 Å². The number of sulfonamides is 1. The highest BCUT2D eigenvalue weighted by molar-refractivity contribution is 7.89. The first-order valence-corrected chi connectivity index (χ1v) is 10.3. The van der Waals surface area contributed by atoms with Crippen LogP contribution in [0, 0.1) is 6.92 Å². The number of rotatable bonds is 5. The van der Waals surface area contributed by atoms with Gasteiger partial charge in [0.05, 0.1) is 4.90 Å². The van der Waals surface area contributed by atoms with Crippen LogP contribution in [0.25, 0.3) is 0 Å². The summed E-state index contributed by atoms with van der Waals surface area (Å²) >= 11 is 0. The summed E-state index contributed by atoms with van der Waals surface area (Å²) in [6.07, 6.45) is 2.73. The number of hydrogen-bond donors (Lipinski definition) is 1. The van der Waals surface area contributed by atoms with Gasteiger partial charge >= 0.3 is 0 Å². The van der Waals surface area contributed by atoms with E-state index >= 15 is 0 Å². The van der Waals surface area contributed by atoms with Gasteiger partial charge in [0.15, 0.2) is 0 Å². The summed E-state index contributed by atoms with van der Waals surface area (Å²) in [5, 5.41) is 2.50. The molecular formula is C20H22N2O4S. The highest BCUT2D eigenvalue weighted by Gasteiger charge is 2.26. The molecule has 0 aliphatic carbocycles. The second-order valence-corrected chi connectivity index (χ2v) is 8.58. The first kappa shape index (κ1) is 19.3. The van der Waals surface area contributed by atoms with E-state index in [1.807, 2.05) is 6.92 Å². The van der Waals surface area contributed by atoms with Crippen molar-refractivity contribution in [3.63, 3.8) is 0 Å². The van der Waals surface area contributed by atoms with Gasteiger partial charge in [-0.2, -0.15) is 4.31 Å². The van der Waals surface area contributed by atoms with Crippen LogP contribution in [0.4, 0.5) is 5.69 Å². The lowest BCUT2D eigenvalue weighted by Gasteiger charge is -2.26. The fourth-order valence-corrected chi connectivity index (χ4v) is 4.58. The Labute approximate surface area is 159 Å². The maximum atomic E-state index is 12.8. The Balaban J connectivity index is 1.76. The molecule has 0 aromatic heterocycles. The number of piperidine rings is 1. The third kappa shape index (κ3) is 4.43. The highest BCUT2D eigenvalue weighted by Crippen LogP contribution is 2.23. The summed E-state index contributed by atoms with van der Waals surface area (Å²) in [6.45, 7) is 2.90. The van der Waals surface area contributed by atoms with Crippen LogP contribution < -0.4 is 5.32 Å². The molecule has 0 spiro atoms. The van der Waals surface area contributed by atoms with Crippen molar-refractivity contribution in [3.05, 3.63) is 59.7 Å². The van der Waals surface area contributed by atoms with Crippen molar-refractivity contribution in [2.24, 2.45) is 0 Å². The molecular weight excluding hydrogens is 364 g/mol. The van der Waals surface area contributed by atoms with Crippen LogP contribution in [0.2, 0.25) is 0 Å². The number of anilines is 1. The lowest BCUT2D eigenvalue weighted by atomic mass is 10.1. The molecule has 1 heterocycles. The van der Waals surface area contributed by atoms with E-state index in [1.54, 1.807) is 36.4 Å². The van der Waals surface area contributed by atoms with Crippen LogP contribution >= 0.6 is 0 Å². The molecule has 0 bridgehead atoms. The van der Waals surface area contributed by atoms with Crippen molar-refractivity contribution in [2.45, 2.75) is 31.1 Å². The zero-order valence-corrected chi connectivity index (χ0v) is 16.0. The Hall–Kier alpha value is -2.51. The van der Waals surface area contributed by atoms with Crippen molar-refractivity contribution in [3.8, 4) is 0 Å². The molecule has 0 radical (unpaired) electrons. The van der Waals surface area contributed by atoms with Crippen molar-refractivity contribution in [2.75, 3.05) is 18.4 Å². The van der Waals surface area contributed by atoms with Crippen molar-refractivity contribution in [1.82, 2.24) is 4.31 Å². The molecule has 1 fully saturated rings. The molecule has 0 atom stereocenters. The van der Waals surface area contributed by atoms with Gasteiger partial charge in [-0.25, -0.2) is 8.42 Å². The van der Waals surface area contributed by atoms with Crippen LogP contribution in [-0.4, -0.2) is 37.5 Å². The summed E-state index contributed by atoms with van der Waals surface area (Å²) in [4.78, 5) is 24.6. The van der Waals surface area contributed by atoms with E-state index in [0.29, 0.717) is 13.1 Å². The lowest BCUT2D eigenvalue weighted by molar-refractivity contribution is -0.112. The van der Waals surface area contributed by atoms with Crippen LogP contribution in [0.3, 0.4) is 0 Å². The van der Waals surface area contributed by atoms with E-state index in [4.69, 9.17) is 0 Å². The fraction of sp³-hybridized carbons (Fsp3) is 0.300. The minimum absolute atomic E-state index is 0.116. The second-order valence-electron chi connectivity index (χ2n) is 6.64. The standard InChI is InChI=1S/C20H22N2O4S/c1-15-8-10-16(11-9-15)19(23)20(24)21-17-6-5-7-18(14-17)27(25,26)22-12-3-2-4-13-22/h5-11,14H,2-4,12-13H2,1H3,(H,21,24). The third-order valence-corrected chi connectivity index (χ3v) is 6.46. The molecule has 2 aromatic rings. The molecule has 27 heavy (non-hydrogen) atoms. The number of amides is 1. The SMILES string of the molecule is Cc1ccc(C(=O)C(=O)Nc2cccc(S(=O)(=O)N3CCCCC3)c2)cc1. The molecule has 1 aliphatic heterocycles. The lowest BCUT2D eigenvalue weighted by Crippen LogP contribution is -2.35. The Bertz CT molecular complexity index is 946. The average Bonchev–Trinajstić information content (AvgIpc) is 2.69. The number of ketones is 1. The van der Waals surface area contributed by atoms with E-state index in [2.05, 4.69) is 5.32 Å². The number of carbonyl (C=O) groups is 2. The zero-order chi connectivity index (χ0) is 19.4. The summed E-state index contributed by atoms with van der Waals surface area (Å²) in [5.74, 6) is -1.47. The molecule has 3 rings (SSSR count). The second kappa shape index (κ2) is 8.02. The summed E-state index contributed by atoms with van der Waals surface area (Å²) in [7, 11) is -3.60. The number of carbonyl (C=O) groups excluding carboxylic acids is 2. The van der Waals surface area contributed by atoms with E-state index in [9.17, 15) is 18.0 Å². The van der Waals surface area contributed by atoms with Gasteiger partial charge in [-0.1, -0.05) is 42.3 Å². The maximum Gasteiger partial charge on any atom is 0.296 e. The van der Waals surface area contributed by atoms with Gasteiger partial charge in [0.25, 0.3) is 11.7 Å². The number of Topliss-reactive ketones (excluding diaryl/α,β-unsaturated/α-hetero) is 1. The van der Waals surface area contributed by atoms with Gasteiger partial charge in [-0.3, -0.25) is 9.59 Å². The van der Waals surface area contributed by atoms with Crippen LogP contribution in [0.5, 0.6) is 0 Å². The number of nitrogens with one attached hydrogen (secondary N) is 1. The van der Waals surface area contributed by atoms with Crippen molar-refractivity contribution < 1.29 is 18.0 Å². The van der Waals surface area contributed by atoms with Crippen molar-refractivity contribution >= 4 is 27.4 Å². The van der Waals surface area contributed by atoms with Gasteiger partial charge in [-0.15, -0.1) is 0 Å². The summed E-state index contributed by atoms with van der Waals surface area (Å²) in [5.41, 5.74) is 1.55. The number of aryl methyl sites for hydroxylation is 1. The molecule has 0 saturated carbocycles. The molecule has 142 valence electrons. The quantitative estimate of drug-likeness (QED) is 0.632. The minimum Gasteiger partial charge on any atom is -0.319 e. The zero-order valence-electron chi connectivity index (χ0n) is 15.1. The molecule has 7 heteroatoms. The Morgan fingerprint density at radius 1 is 0.963 bits per heavy atom. The van der Waals surface area contributed by atoms with Gasteiger partial charge in [0.2, 0.25) is 10.0 Å². The molecule has 1 amide bonds. The molecule has 6 nitrogen and oxygen atoms in total. The van der Waals surface area contributed by atoms with Crippen molar-refractivity contribution in [1.29, 1.82) is 0 Å². The molecule has 1 saturated heterocycles. The smallest absolute Gasteiger partial charge is 0.296 e. The highest BCUT2D eigenvalue weighted by atomic mass is 32.2. The van der Waals surface area contributed by atoms with Gasteiger partial charge < -0.3 is 5.32 Å². The molecule has 2 aromatic carbocycles. The number of nitrogens with zero attached hydrogens (tertiary/aromatic N) is 1. The summed E-state index contributed by atoms with van der Waals surface area (Å²) < 4.78 is 27.0. The third-order valence-electron chi connectivity index (χ3n) is 4.56. The predicted octanol–water partition coefficient (Wildman–Crippen LogP) is 2.99. The van der Waals surface area contributed by atoms with E-state index in [-0.39, 0.29) is 16.1 Å². The topological polar surface area (TPSA) is 83.5 Å². The van der Waals surface area contributed by atoms with Gasteiger partial charge in [-0.05, 0) is 38.0 Å². The predicted molar refractivity (Wildman–Crippen MR) is 103 cm³/mol. The monoisotopic (exact) mass is 386 g/mol. The van der Waals surface area contributed by atoms with E-state index < -0.39 is 21.7 Å². The number of benzene rings is 2. The largest absolute Gasteiger partial charge is 0.319 e. The molecule has 1 aliphatic rings. The molecule has 0 unspecified atom stereocenters.